The standard InChI is InChI=1S/C11H19N3O2/c1-3-8(2)10(13)11(15)14-4-5-16-9(6-12)7-14/h8-10H,3-5,7,13H2,1-2H3/t8?,9?,10-/m0/s1. The van der Waals surface area contributed by atoms with Crippen molar-refractivity contribution in [1.29, 1.82) is 5.26 Å². The van der Waals surface area contributed by atoms with Crippen LogP contribution in [0.3, 0.4) is 0 Å². The van der Waals surface area contributed by atoms with E-state index < -0.39 is 12.1 Å². The van der Waals surface area contributed by atoms with Gasteiger partial charge in [0.15, 0.2) is 6.10 Å². The fraction of sp³-hybridized carbons (Fsp3) is 0.818. The number of hydrogen-bond acceptors (Lipinski definition) is 4. The molecule has 1 heterocycles. The molecule has 0 aromatic rings. The molecule has 1 amide bonds. The summed E-state index contributed by atoms with van der Waals surface area (Å²) in [6.07, 6.45) is 0.362. The van der Waals surface area contributed by atoms with E-state index in [-0.39, 0.29) is 11.8 Å². The predicted molar refractivity (Wildman–Crippen MR) is 59.4 cm³/mol. The number of ether oxygens (including phenoxy) is 1. The molecule has 2 unspecified atom stereocenters. The van der Waals surface area contributed by atoms with E-state index in [1.165, 1.54) is 0 Å². The van der Waals surface area contributed by atoms with E-state index >= 15 is 0 Å². The first-order valence-electron chi connectivity index (χ1n) is 5.65. The van der Waals surface area contributed by atoms with E-state index in [1.807, 2.05) is 19.9 Å². The lowest BCUT2D eigenvalue weighted by Crippen LogP contribution is -2.52. The molecule has 1 rings (SSSR count). The Hall–Kier alpha value is -1.12. The van der Waals surface area contributed by atoms with Crippen LogP contribution >= 0.6 is 0 Å². The fourth-order valence-corrected chi connectivity index (χ4v) is 1.64. The third-order valence-electron chi connectivity index (χ3n) is 3.06. The topological polar surface area (TPSA) is 79.3 Å². The molecule has 3 atom stereocenters. The normalized spacial score (nSPS) is 24.6. The van der Waals surface area contributed by atoms with Gasteiger partial charge in [0.1, 0.15) is 0 Å². The third-order valence-corrected chi connectivity index (χ3v) is 3.06. The Kier molecular flexibility index (Phi) is 4.71. The van der Waals surface area contributed by atoms with Crippen molar-refractivity contribution in [2.45, 2.75) is 32.4 Å². The molecule has 5 nitrogen and oxygen atoms in total. The van der Waals surface area contributed by atoms with E-state index in [2.05, 4.69) is 0 Å². The molecule has 0 radical (unpaired) electrons. The largest absolute Gasteiger partial charge is 0.360 e. The van der Waals surface area contributed by atoms with Crippen molar-refractivity contribution in [3.63, 3.8) is 0 Å². The molecule has 16 heavy (non-hydrogen) atoms. The Morgan fingerprint density at radius 3 is 3.00 bits per heavy atom. The average molecular weight is 225 g/mol. The number of amides is 1. The molecule has 1 aliphatic rings. The van der Waals surface area contributed by atoms with Gasteiger partial charge in [-0.25, -0.2) is 0 Å². The number of rotatable bonds is 3. The Morgan fingerprint density at radius 1 is 1.75 bits per heavy atom. The van der Waals surface area contributed by atoms with Gasteiger partial charge in [-0.15, -0.1) is 0 Å². The molecule has 0 aliphatic carbocycles. The zero-order chi connectivity index (χ0) is 12.1. The maximum absolute atomic E-state index is 12.0. The average Bonchev–Trinajstić information content (AvgIpc) is 2.36. The molecule has 0 spiro atoms. The van der Waals surface area contributed by atoms with Crippen LogP contribution in [0.15, 0.2) is 0 Å². The second kappa shape index (κ2) is 5.83. The SMILES string of the molecule is CCC(C)[C@H](N)C(=O)N1CCOC(C#N)C1. The van der Waals surface area contributed by atoms with Crippen molar-refractivity contribution in [3.8, 4) is 6.07 Å². The van der Waals surface area contributed by atoms with Gasteiger partial charge in [0, 0.05) is 6.54 Å². The van der Waals surface area contributed by atoms with Gasteiger partial charge in [-0.05, 0) is 5.92 Å². The van der Waals surface area contributed by atoms with Crippen LogP contribution in [-0.2, 0) is 9.53 Å². The van der Waals surface area contributed by atoms with Gasteiger partial charge in [0.25, 0.3) is 0 Å². The first-order valence-corrected chi connectivity index (χ1v) is 5.65. The Labute approximate surface area is 96.2 Å². The van der Waals surface area contributed by atoms with Crippen LogP contribution in [0.1, 0.15) is 20.3 Å². The maximum atomic E-state index is 12.0. The van der Waals surface area contributed by atoms with Gasteiger partial charge >= 0.3 is 0 Å². The predicted octanol–water partition coefficient (Wildman–Crippen LogP) is 0.111. The summed E-state index contributed by atoms with van der Waals surface area (Å²) in [7, 11) is 0. The van der Waals surface area contributed by atoms with Crippen molar-refractivity contribution >= 4 is 5.91 Å². The van der Waals surface area contributed by atoms with Crippen LogP contribution in [0.2, 0.25) is 0 Å². The highest BCUT2D eigenvalue weighted by Crippen LogP contribution is 2.11. The van der Waals surface area contributed by atoms with Crippen LogP contribution in [0, 0.1) is 17.2 Å². The lowest BCUT2D eigenvalue weighted by atomic mass is 9.98. The van der Waals surface area contributed by atoms with E-state index in [9.17, 15) is 4.79 Å². The van der Waals surface area contributed by atoms with Crippen molar-refractivity contribution < 1.29 is 9.53 Å². The lowest BCUT2D eigenvalue weighted by molar-refractivity contribution is -0.139. The minimum absolute atomic E-state index is 0.0714. The Balaban J connectivity index is 2.57. The van der Waals surface area contributed by atoms with Crippen molar-refractivity contribution in [2.75, 3.05) is 19.7 Å². The first kappa shape index (κ1) is 12.9. The first-order chi connectivity index (χ1) is 7.60. The number of nitrogens with zero attached hydrogens (tertiary/aromatic N) is 2. The molecule has 2 N–H and O–H groups in total. The highest BCUT2D eigenvalue weighted by atomic mass is 16.5. The van der Waals surface area contributed by atoms with Crippen LogP contribution in [-0.4, -0.2) is 42.6 Å². The molecule has 1 fully saturated rings. The maximum Gasteiger partial charge on any atom is 0.239 e. The molecule has 0 saturated carbocycles. The summed E-state index contributed by atoms with van der Waals surface area (Å²) in [5, 5.41) is 8.74. The monoisotopic (exact) mass is 225 g/mol. The molecule has 0 aromatic carbocycles. The number of carbonyl (C=O) groups is 1. The summed E-state index contributed by atoms with van der Waals surface area (Å²) in [4.78, 5) is 13.6. The summed E-state index contributed by atoms with van der Waals surface area (Å²) < 4.78 is 5.18. The number of nitriles is 1. The summed E-state index contributed by atoms with van der Waals surface area (Å²) in [5.41, 5.74) is 5.87. The van der Waals surface area contributed by atoms with Gasteiger partial charge in [-0.1, -0.05) is 20.3 Å². The second-order valence-electron chi connectivity index (χ2n) is 4.18. The molecule has 5 heteroatoms. The molecular weight excluding hydrogens is 206 g/mol. The van der Waals surface area contributed by atoms with E-state index in [0.717, 1.165) is 6.42 Å². The highest BCUT2D eigenvalue weighted by molar-refractivity contribution is 5.82. The summed E-state index contributed by atoms with van der Waals surface area (Å²) in [6, 6.07) is 1.54. The van der Waals surface area contributed by atoms with Crippen LogP contribution < -0.4 is 5.73 Å². The number of carbonyl (C=O) groups excluding carboxylic acids is 1. The minimum Gasteiger partial charge on any atom is -0.360 e. The van der Waals surface area contributed by atoms with E-state index in [0.29, 0.717) is 19.7 Å². The summed E-state index contributed by atoms with van der Waals surface area (Å²) >= 11 is 0. The summed E-state index contributed by atoms with van der Waals surface area (Å²) in [5.74, 6) is 0.0915. The molecule has 0 bridgehead atoms. The zero-order valence-electron chi connectivity index (χ0n) is 9.85. The van der Waals surface area contributed by atoms with Crippen LogP contribution in [0.25, 0.3) is 0 Å². The zero-order valence-corrected chi connectivity index (χ0v) is 9.85. The lowest BCUT2D eigenvalue weighted by Gasteiger charge is -2.32. The van der Waals surface area contributed by atoms with Gasteiger partial charge in [0.2, 0.25) is 5.91 Å². The quantitative estimate of drug-likeness (QED) is 0.739. The molecule has 1 saturated heterocycles. The highest BCUT2D eigenvalue weighted by Gasteiger charge is 2.29. The molecular formula is C11H19N3O2. The molecule has 1 aliphatic heterocycles. The van der Waals surface area contributed by atoms with Gasteiger partial charge in [0.05, 0.1) is 25.3 Å². The van der Waals surface area contributed by atoms with Crippen LogP contribution in [0.4, 0.5) is 0 Å². The second-order valence-corrected chi connectivity index (χ2v) is 4.18. The van der Waals surface area contributed by atoms with E-state index in [1.54, 1.807) is 4.90 Å². The van der Waals surface area contributed by atoms with Gasteiger partial charge < -0.3 is 15.4 Å². The van der Waals surface area contributed by atoms with Crippen molar-refractivity contribution in [2.24, 2.45) is 11.7 Å². The summed E-state index contributed by atoms with van der Waals surface area (Å²) in [6.45, 7) is 5.25. The Bertz CT molecular complexity index is 287. The Morgan fingerprint density at radius 2 is 2.44 bits per heavy atom. The van der Waals surface area contributed by atoms with Gasteiger partial charge in [-0.3, -0.25) is 4.79 Å². The van der Waals surface area contributed by atoms with Crippen molar-refractivity contribution in [3.05, 3.63) is 0 Å². The van der Waals surface area contributed by atoms with Crippen LogP contribution in [0.5, 0.6) is 0 Å². The van der Waals surface area contributed by atoms with E-state index in [4.69, 9.17) is 15.7 Å². The number of nitrogens with two attached hydrogens (primary N) is 1. The van der Waals surface area contributed by atoms with Gasteiger partial charge in [-0.2, -0.15) is 5.26 Å². The van der Waals surface area contributed by atoms with Crippen molar-refractivity contribution in [1.82, 2.24) is 4.90 Å². The fourth-order valence-electron chi connectivity index (χ4n) is 1.64. The third kappa shape index (κ3) is 2.94. The number of morpholine rings is 1. The molecule has 0 aromatic heterocycles. The number of hydrogen-bond donors (Lipinski definition) is 1. The minimum atomic E-state index is -0.512. The molecule has 90 valence electrons. The smallest absolute Gasteiger partial charge is 0.239 e.